The molecule has 3 heterocycles. The van der Waals surface area contributed by atoms with Crippen LogP contribution in [-0.2, 0) is 4.79 Å². The van der Waals surface area contributed by atoms with Crippen LogP contribution in [0.3, 0.4) is 0 Å². The van der Waals surface area contributed by atoms with Gasteiger partial charge in [-0.25, -0.2) is 8.78 Å². The van der Waals surface area contributed by atoms with Gasteiger partial charge in [-0.1, -0.05) is 30.3 Å². The van der Waals surface area contributed by atoms with Crippen molar-refractivity contribution in [3.63, 3.8) is 0 Å². The number of nitrogens with one attached hydrogen (secondary N) is 2. The first-order valence-electron chi connectivity index (χ1n) is 11.6. The molecule has 0 bridgehead atoms. The lowest BCUT2D eigenvalue weighted by molar-refractivity contribution is -0.111. The molecule has 2 aromatic carbocycles. The Bertz CT molecular complexity index is 1450. The van der Waals surface area contributed by atoms with E-state index in [4.69, 9.17) is 0 Å². The maximum absolute atomic E-state index is 14.0. The van der Waals surface area contributed by atoms with E-state index in [-0.39, 0.29) is 23.4 Å². The van der Waals surface area contributed by atoms with Crippen molar-refractivity contribution in [2.45, 2.75) is 25.3 Å². The average Bonchev–Trinajstić information content (AvgIpc) is 3.38. The summed E-state index contributed by atoms with van der Waals surface area (Å²) in [5.41, 5.74) is 1.78. The molecule has 1 fully saturated rings. The van der Waals surface area contributed by atoms with Gasteiger partial charge in [0.25, 0.3) is 5.91 Å². The minimum atomic E-state index is -1.03. The number of H-pyrrole nitrogens is 1. The highest BCUT2D eigenvalue weighted by atomic mass is 19.2. The number of halogens is 2. The number of pyridine rings is 1. The molecule has 1 unspecified atom stereocenters. The highest BCUT2D eigenvalue weighted by Gasteiger charge is 2.30. The smallest absolute Gasteiger partial charge is 0.256 e. The van der Waals surface area contributed by atoms with Gasteiger partial charge in [-0.2, -0.15) is 5.10 Å². The topological polar surface area (TPSA) is 91.0 Å². The fourth-order valence-electron chi connectivity index (χ4n) is 4.40. The van der Waals surface area contributed by atoms with Crippen molar-refractivity contribution in [2.24, 2.45) is 0 Å². The van der Waals surface area contributed by atoms with Crippen molar-refractivity contribution >= 4 is 34.6 Å². The Hall–Kier alpha value is -4.40. The minimum absolute atomic E-state index is 0.114. The highest BCUT2D eigenvalue weighted by Crippen LogP contribution is 2.32. The van der Waals surface area contributed by atoms with Crippen molar-refractivity contribution in [1.82, 2.24) is 20.1 Å². The van der Waals surface area contributed by atoms with Crippen LogP contribution in [0.1, 0.15) is 46.9 Å². The van der Waals surface area contributed by atoms with Crippen molar-refractivity contribution < 1.29 is 18.4 Å². The number of piperidine rings is 1. The predicted octanol–water partition coefficient (Wildman–Crippen LogP) is 5.26. The summed E-state index contributed by atoms with van der Waals surface area (Å²) in [5.74, 6) is -2.24. The number of carbonyl (C=O) groups excluding carboxylic acids is 2. The molecular weight excluding hydrogens is 464 g/mol. The Kier molecular flexibility index (Phi) is 6.53. The highest BCUT2D eigenvalue weighted by molar-refractivity contribution is 6.01. The summed E-state index contributed by atoms with van der Waals surface area (Å²) in [4.78, 5) is 31.4. The Labute approximate surface area is 205 Å². The number of fused-ring (bicyclic) bond motifs is 1. The fourth-order valence-corrected chi connectivity index (χ4v) is 4.40. The molecule has 4 aromatic rings. The molecule has 7 nitrogen and oxygen atoms in total. The molecule has 5 rings (SSSR count). The Morgan fingerprint density at radius 2 is 1.92 bits per heavy atom. The molecule has 36 heavy (non-hydrogen) atoms. The summed E-state index contributed by atoms with van der Waals surface area (Å²) in [6, 6.07) is 14.9. The van der Waals surface area contributed by atoms with Gasteiger partial charge >= 0.3 is 0 Å². The van der Waals surface area contributed by atoms with E-state index in [9.17, 15) is 18.4 Å². The van der Waals surface area contributed by atoms with E-state index in [2.05, 4.69) is 20.5 Å². The number of aromatic amines is 1. The molecule has 0 saturated carbocycles. The van der Waals surface area contributed by atoms with Gasteiger partial charge in [0.15, 0.2) is 17.5 Å². The monoisotopic (exact) mass is 487 g/mol. The summed E-state index contributed by atoms with van der Waals surface area (Å²) in [6.07, 6.45) is 6.90. The Morgan fingerprint density at radius 3 is 2.75 bits per heavy atom. The molecule has 0 aliphatic carbocycles. The molecular formula is C27H23F2N5O2. The SMILES string of the molecule is O=C(/C=C/c1ccccc1)Nc1cc(C2CCCCN2C(=O)c2cnc3c(F)c(F)ccc3c2)[nH]n1. The maximum Gasteiger partial charge on any atom is 0.256 e. The summed E-state index contributed by atoms with van der Waals surface area (Å²) in [6.45, 7) is 0.528. The van der Waals surface area contributed by atoms with Gasteiger partial charge in [-0.3, -0.25) is 19.7 Å². The maximum atomic E-state index is 14.0. The number of benzene rings is 2. The standard InChI is InChI=1S/C27H23F2N5O2/c28-20-11-10-18-14-19(16-30-26(18)25(20)29)27(36)34-13-5-4-8-22(34)21-15-23(33-32-21)31-24(35)12-9-17-6-2-1-3-7-17/h1-3,6-7,9-12,14-16,22H,4-5,8,13H2,(H2,31,32,33,35)/b12-9+. The third-order valence-corrected chi connectivity index (χ3v) is 6.19. The zero-order chi connectivity index (χ0) is 25.1. The van der Waals surface area contributed by atoms with Crippen LogP contribution < -0.4 is 5.32 Å². The summed E-state index contributed by atoms with van der Waals surface area (Å²) in [7, 11) is 0. The van der Waals surface area contributed by atoms with E-state index in [1.165, 1.54) is 24.4 Å². The molecule has 0 spiro atoms. The molecule has 182 valence electrons. The normalized spacial score (nSPS) is 15.9. The van der Waals surface area contributed by atoms with Gasteiger partial charge in [0.2, 0.25) is 5.91 Å². The van der Waals surface area contributed by atoms with Crippen LogP contribution in [0.2, 0.25) is 0 Å². The van der Waals surface area contributed by atoms with Crippen molar-refractivity contribution in [3.8, 4) is 0 Å². The number of carbonyl (C=O) groups is 2. The molecule has 0 radical (unpaired) electrons. The fraction of sp³-hybridized carbons (Fsp3) is 0.185. The van der Waals surface area contributed by atoms with Gasteiger partial charge in [-0.15, -0.1) is 0 Å². The average molecular weight is 488 g/mol. The number of nitrogens with zero attached hydrogens (tertiary/aromatic N) is 3. The number of hydrogen-bond acceptors (Lipinski definition) is 4. The van der Waals surface area contributed by atoms with E-state index in [1.807, 2.05) is 30.3 Å². The van der Waals surface area contributed by atoms with E-state index in [0.29, 0.717) is 29.0 Å². The molecule has 2 amide bonds. The Balaban J connectivity index is 1.32. The lowest BCUT2D eigenvalue weighted by Crippen LogP contribution is -2.38. The van der Waals surface area contributed by atoms with E-state index in [0.717, 1.165) is 30.9 Å². The zero-order valence-electron chi connectivity index (χ0n) is 19.2. The van der Waals surface area contributed by atoms with E-state index >= 15 is 0 Å². The van der Waals surface area contributed by atoms with Crippen LogP contribution in [-0.4, -0.2) is 38.4 Å². The summed E-state index contributed by atoms with van der Waals surface area (Å²) in [5, 5.41) is 10.2. The third kappa shape index (κ3) is 4.86. The molecule has 1 saturated heterocycles. The lowest BCUT2D eigenvalue weighted by Gasteiger charge is -2.35. The number of amides is 2. The number of anilines is 1. The van der Waals surface area contributed by atoms with Crippen molar-refractivity contribution in [2.75, 3.05) is 11.9 Å². The number of aromatic nitrogens is 3. The van der Waals surface area contributed by atoms with Gasteiger partial charge in [-0.05, 0) is 49.1 Å². The lowest BCUT2D eigenvalue weighted by atomic mass is 9.98. The summed E-state index contributed by atoms with van der Waals surface area (Å²) >= 11 is 0. The molecule has 1 aliphatic heterocycles. The van der Waals surface area contributed by atoms with Gasteiger partial charge < -0.3 is 10.2 Å². The number of likely N-dealkylation sites (tertiary alicyclic amines) is 1. The predicted molar refractivity (Wildman–Crippen MR) is 132 cm³/mol. The molecule has 1 aliphatic rings. The zero-order valence-corrected chi connectivity index (χ0v) is 19.2. The van der Waals surface area contributed by atoms with Crippen LogP contribution in [0, 0.1) is 11.6 Å². The quantitative estimate of drug-likeness (QED) is 0.376. The van der Waals surface area contributed by atoms with Gasteiger partial charge in [0.05, 0.1) is 17.3 Å². The van der Waals surface area contributed by atoms with Gasteiger partial charge in [0.1, 0.15) is 5.52 Å². The molecule has 9 heteroatoms. The van der Waals surface area contributed by atoms with Gasteiger partial charge in [0, 0.05) is 30.3 Å². The first-order chi connectivity index (χ1) is 17.5. The molecule has 2 N–H and O–H groups in total. The van der Waals surface area contributed by atoms with E-state index < -0.39 is 11.6 Å². The van der Waals surface area contributed by atoms with Crippen LogP contribution in [0.25, 0.3) is 17.0 Å². The van der Waals surface area contributed by atoms with Crippen LogP contribution in [0.4, 0.5) is 14.6 Å². The van der Waals surface area contributed by atoms with Crippen molar-refractivity contribution in [1.29, 1.82) is 0 Å². The molecule has 2 aromatic heterocycles. The Morgan fingerprint density at radius 1 is 1.08 bits per heavy atom. The second-order valence-corrected chi connectivity index (χ2v) is 8.61. The number of rotatable bonds is 5. The molecule has 1 atom stereocenters. The second kappa shape index (κ2) is 10.1. The first-order valence-corrected chi connectivity index (χ1v) is 11.6. The number of hydrogen-bond donors (Lipinski definition) is 2. The van der Waals surface area contributed by atoms with Crippen LogP contribution in [0.5, 0.6) is 0 Å². The first kappa shape index (κ1) is 23.3. The third-order valence-electron chi connectivity index (χ3n) is 6.19. The van der Waals surface area contributed by atoms with Crippen molar-refractivity contribution in [3.05, 3.63) is 95.3 Å². The van der Waals surface area contributed by atoms with Crippen LogP contribution >= 0.6 is 0 Å². The largest absolute Gasteiger partial charge is 0.330 e. The van der Waals surface area contributed by atoms with E-state index in [1.54, 1.807) is 17.0 Å². The van der Waals surface area contributed by atoms with Crippen LogP contribution in [0.15, 0.2) is 66.9 Å². The second-order valence-electron chi connectivity index (χ2n) is 8.61. The summed E-state index contributed by atoms with van der Waals surface area (Å²) < 4.78 is 27.5. The minimum Gasteiger partial charge on any atom is -0.330 e.